The summed E-state index contributed by atoms with van der Waals surface area (Å²) in [4.78, 5) is 13.8. The first-order chi connectivity index (χ1) is 6.75. The number of nitrogens with zero attached hydrogens (tertiary/aromatic N) is 2. The Morgan fingerprint density at radius 3 is 2.64 bits per heavy atom. The van der Waals surface area contributed by atoms with Gasteiger partial charge in [-0.3, -0.25) is 9.78 Å². The van der Waals surface area contributed by atoms with Crippen LogP contribution in [-0.2, 0) is 7.05 Å². The highest BCUT2D eigenvalue weighted by molar-refractivity contribution is 5.52. The van der Waals surface area contributed by atoms with Gasteiger partial charge in [0.15, 0.2) is 7.05 Å². The SMILES string of the molecule is C[n+]1cc(=O)[nH]c(-c2ccccc2)n1. The molecule has 0 aliphatic carbocycles. The van der Waals surface area contributed by atoms with Gasteiger partial charge in [-0.1, -0.05) is 35.0 Å². The van der Waals surface area contributed by atoms with Crippen LogP contribution in [0.2, 0.25) is 0 Å². The molecule has 0 radical (unpaired) electrons. The van der Waals surface area contributed by atoms with Crippen molar-refractivity contribution in [2.24, 2.45) is 7.05 Å². The second-order valence-electron chi connectivity index (χ2n) is 3.01. The fourth-order valence-corrected chi connectivity index (χ4v) is 1.26. The monoisotopic (exact) mass is 188 g/mol. The van der Waals surface area contributed by atoms with Gasteiger partial charge in [-0.2, -0.15) is 0 Å². The Bertz CT molecular complexity index is 490. The second-order valence-corrected chi connectivity index (χ2v) is 3.01. The van der Waals surface area contributed by atoms with E-state index in [1.54, 1.807) is 7.05 Å². The van der Waals surface area contributed by atoms with Crippen LogP contribution in [0.5, 0.6) is 0 Å². The Morgan fingerprint density at radius 1 is 1.29 bits per heavy atom. The van der Waals surface area contributed by atoms with Crippen LogP contribution >= 0.6 is 0 Å². The van der Waals surface area contributed by atoms with Crippen LogP contribution in [0.25, 0.3) is 11.4 Å². The van der Waals surface area contributed by atoms with E-state index >= 15 is 0 Å². The first kappa shape index (κ1) is 8.62. The molecule has 0 bridgehead atoms. The molecule has 70 valence electrons. The molecule has 0 fully saturated rings. The van der Waals surface area contributed by atoms with Gasteiger partial charge in [-0.15, -0.1) is 0 Å². The maximum absolute atomic E-state index is 11.2. The molecular formula is C10H10N3O+. The zero-order valence-electron chi connectivity index (χ0n) is 7.77. The summed E-state index contributed by atoms with van der Waals surface area (Å²) in [6.07, 6.45) is 1.40. The van der Waals surface area contributed by atoms with E-state index in [4.69, 9.17) is 0 Å². The molecule has 2 rings (SSSR count). The van der Waals surface area contributed by atoms with Crippen molar-refractivity contribution < 1.29 is 4.68 Å². The summed E-state index contributed by atoms with van der Waals surface area (Å²) < 4.78 is 1.50. The zero-order chi connectivity index (χ0) is 9.97. The van der Waals surface area contributed by atoms with Crippen molar-refractivity contribution in [1.82, 2.24) is 10.1 Å². The molecule has 0 amide bonds. The quantitative estimate of drug-likeness (QED) is 0.653. The molecule has 0 saturated carbocycles. The van der Waals surface area contributed by atoms with Crippen LogP contribution in [0.15, 0.2) is 41.3 Å². The van der Waals surface area contributed by atoms with Crippen molar-refractivity contribution in [2.75, 3.05) is 0 Å². The lowest BCUT2D eigenvalue weighted by molar-refractivity contribution is -0.731. The van der Waals surface area contributed by atoms with E-state index in [-0.39, 0.29) is 5.56 Å². The van der Waals surface area contributed by atoms with Crippen molar-refractivity contribution in [3.05, 3.63) is 46.9 Å². The standard InChI is InChI=1S/C10H9N3O/c1-13-7-9(14)11-10(12-13)8-5-3-2-4-6-8/h2-7H,1H3/p+1. The lowest BCUT2D eigenvalue weighted by Crippen LogP contribution is -2.38. The topological polar surface area (TPSA) is 49.6 Å². The number of benzene rings is 1. The summed E-state index contributed by atoms with van der Waals surface area (Å²) in [6, 6.07) is 9.53. The molecule has 0 unspecified atom stereocenters. The van der Waals surface area contributed by atoms with Crippen LogP contribution < -0.4 is 10.2 Å². The minimum absolute atomic E-state index is 0.152. The van der Waals surface area contributed by atoms with Crippen molar-refractivity contribution in [2.45, 2.75) is 0 Å². The van der Waals surface area contributed by atoms with E-state index in [1.807, 2.05) is 30.3 Å². The van der Waals surface area contributed by atoms with Crippen molar-refractivity contribution >= 4 is 0 Å². The molecule has 0 aliphatic rings. The van der Waals surface area contributed by atoms with Crippen LogP contribution in [0.3, 0.4) is 0 Å². The van der Waals surface area contributed by atoms with E-state index < -0.39 is 0 Å². The molecule has 4 nitrogen and oxygen atoms in total. The molecule has 4 heteroatoms. The minimum Gasteiger partial charge on any atom is -0.296 e. The molecule has 0 atom stereocenters. The highest BCUT2D eigenvalue weighted by Gasteiger charge is 2.05. The number of aromatic nitrogens is 3. The molecule has 1 heterocycles. The maximum Gasteiger partial charge on any atom is 0.316 e. The van der Waals surface area contributed by atoms with Gasteiger partial charge in [-0.25, -0.2) is 0 Å². The van der Waals surface area contributed by atoms with E-state index in [0.29, 0.717) is 5.82 Å². The Labute approximate surface area is 80.9 Å². The van der Waals surface area contributed by atoms with Gasteiger partial charge in [0.05, 0.1) is 0 Å². The summed E-state index contributed by atoms with van der Waals surface area (Å²) in [5, 5.41) is 4.17. The molecule has 1 N–H and O–H groups in total. The minimum atomic E-state index is -0.152. The van der Waals surface area contributed by atoms with E-state index in [0.717, 1.165) is 5.56 Å². The number of rotatable bonds is 1. The highest BCUT2D eigenvalue weighted by atomic mass is 16.1. The Morgan fingerprint density at radius 2 is 2.00 bits per heavy atom. The molecule has 2 aromatic rings. The molecule has 14 heavy (non-hydrogen) atoms. The largest absolute Gasteiger partial charge is 0.316 e. The molecule has 0 spiro atoms. The van der Waals surface area contributed by atoms with Crippen LogP contribution in [-0.4, -0.2) is 10.1 Å². The van der Waals surface area contributed by atoms with Gasteiger partial charge in [-0.05, 0) is 0 Å². The van der Waals surface area contributed by atoms with Gasteiger partial charge < -0.3 is 0 Å². The number of nitrogens with one attached hydrogen (secondary N) is 1. The zero-order valence-corrected chi connectivity index (χ0v) is 7.77. The van der Waals surface area contributed by atoms with E-state index in [1.165, 1.54) is 10.9 Å². The number of H-pyrrole nitrogens is 1. The lowest BCUT2D eigenvalue weighted by atomic mass is 10.2. The predicted octanol–water partition coefficient (Wildman–Crippen LogP) is 0.261. The summed E-state index contributed by atoms with van der Waals surface area (Å²) in [5.74, 6) is 0.584. The maximum atomic E-state index is 11.2. The first-order valence-corrected chi connectivity index (χ1v) is 4.28. The molecule has 0 saturated heterocycles. The first-order valence-electron chi connectivity index (χ1n) is 4.28. The summed E-state index contributed by atoms with van der Waals surface area (Å²) in [6.45, 7) is 0. The Kier molecular flexibility index (Phi) is 2.10. The molecule has 1 aromatic carbocycles. The molecular weight excluding hydrogens is 178 g/mol. The third-order valence-electron chi connectivity index (χ3n) is 1.85. The summed E-state index contributed by atoms with van der Waals surface area (Å²) >= 11 is 0. The van der Waals surface area contributed by atoms with Crippen molar-refractivity contribution in [3.8, 4) is 11.4 Å². The van der Waals surface area contributed by atoms with E-state index in [2.05, 4.69) is 10.1 Å². The van der Waals surface area contributed by atoms with Crippen LogP contribution in [0.1, 0.15) is 0 Å². The van der Waals surface area contributed by atoms with Gasteiger partial charge in [0.25, 0.3) is 6.20 Å². The van der Waals surface area contributed by atoms with Crippen LogP contribution in [0.4, 0.5) is 0 Å². The van der Waals surface area contributed by atoms with Gasteiger partial charge in [0, 0.05) is 10.7 Å². The van der Waals surface area contributed by atoms with Crippen molar-refractivity contribution in [1.29, 1.82) is 0 Å². The normalized spacial score (nSPS) is 10.1. The number of aryl methyl sites for hydroxylation is 1. The number of aromatic amines is 1. The van der Waals surface area contributed by atoms with Crippen molar-refractivity contribution in [3.63, 3.8) is 0 Å². The average molecular weight is 188 g/mol. The Balaban J connectivity index is 2.58. The summed E-state index contributed by atoms with van der Waals surface area (Å²) in [7, 11) is 1.72. The molecule has 0 aliphatic heterocycles. The molecule has 1 aromatic heterocycles. The highest BCUT2D eigenvalue weighted by Crippen LogP contribution is 2.09. The van der Waals surface area contributed by atoms with Gasteiger partial charge in [0.1, 0.15) is 0 Å². The van der Waals surface area contributed by atoms with E-state index in [9.17, 15) is 4.79 Å². The Hall–Kier alpha value is -1.97. The third-order valence-corrected chi connectivity index (χ3v) is 1.85. The lowest BCUT2D eigenvalue weighted by Gasteiger charge is -1.95. The third kappa shape index (κ3) is 1.69. The van der Waals surface area contributed by atoms with Gasteiger partial charge in [0.2, 0.25) is 5.82 Å². The average Bonchev–Trinajstić information content (AvgIpc) is 2.18. The number of hydrogen-bond acceptors (Lipinski definition) is 2. The van der Waals surface area contributed by atoms with Crippen LogP contribution in [0, 0.1) is 0 Å². The fourth-order valence-electron chi connectivity index (χ4n) is 1.26. The van der Waals surface area contributed by atoms with Gasteiger partial charge >= 0.3 is 5.56 Å². The second kappa shape index (κ2) is 3.41. The number of hydrogen-bond donors (Lipinski definition) is 1. The smallest absolute Gasteiger partial charge is 0.296 e. The predicted molar refractivity (Wildman–Crippen MR) is 51.5 cm³/mol. The fraction of sp³-hybridized carbons (Fsp3) is 0.100. The summed E-state index contributed by atoms with van der Waals surface area (Å²) in [5.41, 5.74) is 0.752.